The van der Waals surface area contributed by atoms with Gasteiger partial charge in [-0.05, 0) is 49.9 Å². The molecule has 7 nitrogen and oxygen atoms in total. The monoisotopic (exact) mass is 380 g/mol. The Balaban J connectivity index is 1.72. The lowest BCUT2D eigenvalue weighted by molar-refractivity contribution is 0.102. The number of anilines is 1. The van der Waals surface area contributed by atoms with Gasteiger partial charge in [-0.1, -0.05) is 18.3 Å². The third kappa shape index (κ3) is 4.05. The number of nitrogens with zero attached hydrogens (tertiary/aromatic N) is 3. The van der Waals surface area contributed by atoms with Crippen LogP contribution >= 0.6 is 11.3 Å². The van der Waals surface area contributed by atoms with Crippen LogP contribution in [0.4, 0.5) is 5.13 Å². The first kappa shape index (κ1) is 18.0. The topological polar surface area (TPSA) is 92.3 Å². The average Bonchev–Trinajstić information content (AvgIpc) is 3.00. The number of benzene rings is 1. The number of rotatable bonds is 4. The highest BCUT2D eigenvalue weighted by Gasteiger charge is 2.28. The molecule has 2 heterocycles. The molecule has 0 unspecified atom stereocenters. The maximum Gasteiger partial charge on any atom is 0.257 e. The van der Waals surface area contributed by atoms with Gasteiger partial charge in [0.1, 0.15) is 5.01 Å². The Morgan fingerprint density at radius 3 is 2.40 bits per heavy atom. The third-order valence-electron chi connectivity index (χ3n) is 4.24. The number of aryl methyl sites for hydroxylation is 1. The summed E-state index contributed by atoms with van der Waals surface area (Å²) >= 11 is 1.28. The number of sulfonamides is 1. The van der Waals surface area contributed by atoms with E-state index in [0.29, 0.717) is 29.7 Å². The van der Waals surface area contributed by atoms with Crippen molar-refractivity contribution in [2.45, 2.75) is 31.6 Å². The summed E-state index contributed by atoms with van der Waals surface area (Å²) in [4.78, 5) is 12.4. The fourth-order valence-corrected chi connectivity index (χ4v) is 4.73. The van der Waals surface area contributed by atoms with E-state index in [1.165, 1.54) is 39.9 Å². The third-order valence-corrected chi connectivity index (χ3v) is 6.91. The van der Waals surface area contributed by atoms with Crippen LogP contribution in [0.5, 0.6) is 0 Å². The number of hydrogen-bond acceptors (Lipinski definition) is 6. The van der Waals surface area contributed by atoms with E-state index in [1.807, 2.05) is 0 Å². The molecule has 1 aromatic heterocycles. The van der Waals surface area contributed by atoms with Crippen molar-refractivity contribution in [1.82, 2.24) is 14.5 Å². The van der Waals surface area contributed by atoms with Gasteiger partial charge in [0.2, 0.25) is 15.2 Å². The molecule has 0 aliphatic carbocycles. The van der Waals surface area contributed by atoms with Crippen molar-refractivity contribution in [2.24, 2.45) is 5.92 Å². The molecular weight excluding hydrogens is 360 g/mol. The van der Waals surface area contributed by atoms with Crippen LogP contribution in [0.3, 0.4) is 0 Å². The van der Waals surface area contributed by atoms with E-state index in [2.05, 4.69) is 22.4 Å². The number of hydrogen-bond donors (Lipinski definition) is 1. The van der Waals surface area contributed by atoms with Gasteiger partial charge in [-0.25, -0.2) is 8.42 Å². The van der Waals surface area contributed by atoms with Crippen LogP contribution in [0.15, 0.2) is 29.2 Å². The summed E-state index contributed by atoms with van der Waals surface area (Å²) in [5.41, 5.74) is 0.374. The van der Waals surface area contributed by atoms with E-state index >= 15 is 0 Å². The summed E-state index contributed by atoms with van der Waals surface area (Å²) in [6, 6.07) is 5.99. The highest BCUT2D eigenvalue weighted by Crippen LogP contribution is 2.24. The zero-order chi connectivity index (χ0) is 18.0. The quantitative estimate of drug-likeness (QED) is 0.880. The molecule has 1 saturated heterocycles. The fourth-order valence-electron chi connectivity index (χ4n) is 2.67. The summed E-state index contributed by atoms with van der Waals surface area (Å²) in [7, 11) is -3.50. The van der Waals surface area contributed by atoms with Gasteiger partial charge in [0, 0.05) is 18.7 Å². The summed E-state index contributed by atoms with van der Waals surface area (Å²) in [5, 5.41) is 11.5. The number of nitrogens with one attached hydrogen (secondary N) is 1. The van der Waals surface area contributed by atoms with Crippen LogP contribution < -0.4 is 5.32 Å². The Morgan fingerprint density at radius 2 is 1.84 bits per heavy atom. The minimum Gasteiger partial charge on any atom is -0.296 e. The Labute approximate surface area is 151 Å². The van der Waals surface area contributed by atoms with Crippen molar-refractivity contribution < 1.29 is 13.2 Å². The lowest BCUT2D eigenvalue weighted by atomic mass is 10.0. The number of aromatic nitrogens is 2. The molecule has 9 heteroatoms. The van der Waals surface area contributed by atoms with Crippen LogP contribution in [-0.4, -0.2) is 41.9 Å². The maximum atomic E-state index is 12.7. The van der Waals surface area contributed by atoms with Crippen LogP contribution in [0.2, 0.25) is 0 Å². The molecule has 0 bridgehead atoms. The molecule has 0 spiro atoms. The molecule has 0 atom stereocenters. The first-order valence-electron chi connectivity index (χ1n) is 8.08. The van der Waals surface area contributed by atoms with Crippen LogP contribution in [-0.2, 0) is 10.0 Å². The van der Waals surface area contributed by atoms with Crippen molar-refractivity contribution in [2.75, 3.05) is 18.4 Å². The van der Waals surface area contributed by atoms with Crippen molar-refractivity contribution in [3.05, 3.63) is 34.8 Å². The smallest absolute Gasteiger partial charge is 0.257 e. The molecular formula is C16H20N4O3S2. The Kier molecular flexibility index (Phi) is 5.16. The van der Waals surface area contributed by atoms with E-state index in [-0.39, 0.29) is 10.8 Å². The molecule has 134 valence electrons. The zero-order valence-electron chi connectivity index (χ0n) is 14.1. The minimum absolute atomic E-state index is 0.213. The standard InChI is InChI=1S/C16H20N4O3S2/c1-11-7-9-20(10-8-11)25(22,23)14-5-3-13(4-6-14)15(21)17-16-19-18-12(2)24-16/h3-6,11H,7-10H2,1-2H3,(H,17,19,21). The molecule has 1 N–H and O–H groups in total. The molecule has 1 aliphatic rings. The molecule has 0 saturated carbocycles. The van der Waals surface area contributed by atoms with Gasteiger partial charge in [0.25, 0.3) is 5.91 Å². The van der Waals surface area contributed by atoms with Crippen LogP contribution in [0, 0.1) is 12.8 Å². The predicted octanol–water partition coefficient (Wildman–Crippen LogP) is 2.52. The van der Waals surface area contributed by atoms with Gasteiger partial charge >= 0.3 is 0 Å². The van der Waals surface area contributed by atoms with Gasteiger partial charge in [-0.3, -0.25) is 10.1 Å². The second-order valence-corrected chi connectivity index (χ2v) is 9.31. The van der Waals surface area contributed by atoms with E-state index in [1.54, 1.807) is 6.92 Å². The molecule has 1 amide bonds. The normalized spacial score (nSPS) is 16.7. The van der Waals surface area contributed by atoms with E-state index in [9.17, 15) is 13.2 Å². The van der Waals surface area contributed by atoms with Crippen molar-refractivity contribution in [3.63, 3.8) is 0 Å². The largest absolute Gasteiger partial charge is 0.296 e. The second kappa shape index (κ2) is 7.19. The highest BCUT2D eigenvalue weighted by atomic mass is 32.2. The first-order chi connectivity index (χ1) is 11.9. The molecule has 3 rings (SSSR count). The average molecular weight is 380 g/mol. The number of carbonyl (C=O) groups excluding carboxylic acids is 1. The lowest BCUT2D eigenvalue weighted by Gasteiger charge is -2.29. The van der Waals surface area contributed by atoms with Crippen molar-refractivity contribution >= 4 is 32.4 Å². The Morgan fingerprint density at radius 1 is 1.20 bits per heavy atom. The van der Waals surface area contributed by atoms with E-state index in [4.69, 9.17) is 0 Å². The predicted molar refractivity (Wildman–Crippen MR) is 96.2 cm³/mol. The molecule has 0 radical (unpaired) electrons. The minimum atomic E-state index is -3.50. The molecule has 25 heavy (non-hydrogen) atoms. The van der Waals surface area contributed by atoms with Crippen molar-refractivity contribution in [1.29, 1.82) is 0 Å². The van der Waals surface area contributed by atoms with Gasteiger partial charge in [-0.15, -0.1) is 10.2 Å². The van der Waals surface area contributed by atoms with Gasteiger partial charge in [-0.2, -0.15) is 4.31 Å². The summed E-state index contributed by atoms with van der Waals surface area (Å²) < 4.78 is 26.9. The van der Waals surface area contributed by atoms with Crippen LogP contribution in [0.25, 0.3) is 0 Å². The SMILES string of the molecule is Cc1nnc(NC(=O)c2ccc(S(=O)(=O)N3CCC(C)CC3)cc2)s1. The summed E-state index contributed by atoms with van der Waals surface area (Å²) in [6.07, 6.45) is 1.75. The van der Waals surface area contributed by atoms with E-state index < -0.39 is 10.0 Å². The molecule has 2 aromatic rings. The summed E-state index contributed by atoms with van der Waals surface area (Å²) in [6.45, 7) is 5.02. The number of carbonyl (C=O) groups is 1. The molecule has 1 aromatic carbocycles. The number of piperidine rings is 1. The highest BCUT2D eigenvalue weighted by molar-refractivity contribution is 7.89. The summed E-state index contributed by atoms with van der Waals surface area (Å²) in [5.74, 6) is 0.216. The van der Waals surface area contributed by atoms with Crippen molar-refractivity contribution in [3.8, 4) is 0 Å². The maximum absolute atomic E-state index is 12.7. The Bertz CT molecular complexity index is 854. The lowest BCUT2D eigenvalue weighted by Crippen LogP contribution is -2.37. The van der Waals surface area contributed by atoms with Gasteiger partial charge < -0.3 is 0 Å². The van der Waals surface area contributed by atoms with Crippen LogP contribution in [0.1, 0.15) is 35.1 Å². The van der Waals surface area contributed by atoms with E-state index in [0.717, 1.165) is 17.8 Å². The van der Waals surface area contributed by atoms with Gasteiger partial charge in [0.15, 0.2) is 0 Å². The van der Waals surface area contributed by atoms with Gasteiger partial charge in [0.05, 0.1) is 4.90 Å². The number of amides is 1. The first-order valence-corrected chi connectivity index (χ1v) is 10.3. The Hall–Kier alpha value is -1.84. The molecule has 1 aliphatic heterocycles. The molecule has 1 fully saturated rings. The second-order valence-electron chi connectivity index (χ2n) is 6.19. The fraction of sp³-hybridized carbons (Fsp3) is 0.438. The zero-order valence-corrected chi connectivity index (χ0v) is 15.7.